The smallest absolute Gasteiger partial charge is 0.120 e. The SMILES string of the molecule is C/C(=C\C=C\Sc1ccccc1)[C@H]1CC[C@@]2(C)C(CC[C@@H]2C(C)C)[C@@H]1CC=O. The third kappa shape index (κ3) is 4.48. The zero-order chi connectivity index (χ0) is 20.1. The van der Waals surface area contributed by atoms with Gasteiger partial charge in [-0.3, -0.25) is 0 Å². The van der Waals surface area contributed by atoms with Crippen LogP contribution in [0.1, 0.15) is 59.8 Å². The highest BCUT2D eigenvalue weighted by Crippen LogP contribution is 2.62. The number of thioether (sulfide) groups is 1. The van der Waals surface area contributed by atoms with Crippen molar-refractivity contribution in [1.29, 1.82) is 0 Å². The summed E-state index contributed by atoms with van der Waals surface area (Å²) < 4.78 is 0. The molecule has 5 atom stereocenters. The molecule has 0 spiro atoms. The zero-order valence-corrected chi connectivity index (χ0v) is 18.8. The summed E-state index contributed by atoms with van der Waals surface area (Å²) in [5.41, 5.74) is 1.88. The van der Waals surface area contributed by atoms with Gasteiger partial charge in [-0.05, 0) is 85.2 Å². The number of hydrogen-bond donors (Lipinski definition) is 0. The van der Waals surface area contributed by atoms with Gasteiger partial charge in [-0.25, -0.2) is 0 Å². The number of allylic oxidation sites excluding steroid dienone is 3. The van der Waals surface area contributed by atoms with Crippen molar-refractivity contribution in [1.82, 2.24) is 0 Å². The molecule has 2 aliphatic carbocycles. The first-order valence-electron chi connectivity index (χ1n) is 11.0. The van der Waals surface area contributed by atoms with Gasteiger partial charge in [-0.2, -0.15) is 0 Å². The summed E-state index contributed by atoms with van der Waals surface area (Å²) in [5.74, 6) is 3.35. The molecule has 1 nitrogen and oxygen atoms in total. The summed E-state index contributed by atoms with van der Waals surface area (Å²) >= 11 is 1.76. The molecular weight excluding hydrogens is 360 g/mol. The van der Waals surface area contributed by atoms with E-state index in [1.807, 2.05) is 0 Å². The predicted octanol–water partition coefficient (Wildman–Crippen LogP) is 7.54. The molecule has 28 heavy (non-hydrogen) atoms. The van der Waals surface area contributed by atoms with E-state index >= 15 is 0 Å². The first kappa shape index (κ1) is 21.4. The fourth-order valence-corrected chi connectivity index (χ4v) is 6.99. The Morgan fingerprint density at radius 1 is 1.21 bits per heavy atom. The molecule has 0 N–H and O–H groups in total. The molecule has 0 aliphatic heterocycles. The van der Waals surface area contributed by atoms with Crippen LogP contribution in [0.5, 0.6) is 0 Å². The van der Waals surface area contributed by atoms with E-state index in [-0.39, 0.29) is 0 Å². The van der Waals surface area contributed by atoms with Crippen molar-refractivity contribution in [2.45, 2.75) is 64.7 Å². The summed E-state index contributed by atoms with van der Waals surface area (Å²) in [6, 6.07) is 10.5. The van der Waals surface area contributed by atoms with Crippen LogP contribution in [0, 0.1) is 35.0 Å². The van der Waals surface area contributed by atoms with Gasteiger partial charge in [0.1, 0.15) is 6.29 Å². The van der Waals surface area contributed by atoms with Gasteiger partial charge in [0.15, 0.2) is 0 Å². The average molecular weight is 397 g/mol. The van der Waals surface area contributed by atoms with Crippen LogP contribution in [-0.2, 0) is 4.79 Å². The normalized spacial score (nSPS) is 33.4. The van der Waals surface area contributed by atoms with Crippen LogP contribution in [0.2, 0.25) is 0 Å². The molecule has 1 unspecified atom stereocenters. The minimum Gasteiger partial charge on any atom is -0.303 e. The average Bonchev–Trinajstić information content (AvgIpc) is 3.04. The van der Waals surface area contributed by atoms with Crippen molar-refractivity contribution < 1.29 is 4.79 Å². The van der Waals surface area contributed by atoms with E-state index in [1.54, 1.807) is 11.8 Å². The number of fused-ring (bicyclic) bond motifs is 1. The summed E-state index contributed by atoms with van der Waals surface area (Å²) in [6.45, 7) is 9.58. The third-order valence-corrected chi connectivity index (χ3v) is 8.49. The lowest BCUT2D eigenvalue weighted by Crippen LogP contribution is -2.43. The topological polar surface area (TPSA) is 17.1 Å². The van der Waals surface area contributed by atoms with Crippen LogP contribution in [-0.4, -0.2) is 6.29 Å². The lowest BCUT2D eigenvalue weighted by Gasteiger charge is -2.49. The molecule has 0 bridgehead atoms. The Morgan fingerprint density at radius 2 is 1.96 bits per heavy atom. The molecule has 3 rings (SSSR count). The number of aldehydes is 1. The van der Waals surface area contributed by atoms with Gasteiger partial charge in [0, 0.05) is 11.3 Å². The molecule has 0 heterocycles. The number of carbonyl (C=O) groups is 1. The molecule has 2 aliphatic rings. The van der Waals surface area contributed by atoms with Gasteiger partial charge in [0.05, 0.1) is 0 Å². The molecule has 152 valence electrons. The van der Waals surface area contributed by atoms with E-state index in [4.69, 9.17) is 0 Å². The second-order valence-corrected chi connectivity index (χ2v) is 10.4. The third-order valence-electron chi connectivity index (χ3n) is 7.65. The fraction of sp³-hybridized carbons (Fsp3) is 0.577. The van der Waals surface area contributed by atoms with Crippen molar-refractivity contribution in [2.24, 2.45) is 35.0 Å². The molecule has 1 aromatic rings. The minimum atomic E-state index is 0.428. The van der Waals surface area contributed by atoms with E-state index in [0.717, 1.165) is 18.3 Å². The van der Waals surface area contributed by atoms with E-state index in [2.05, 4.69) is 75.6 Å². The van der Waals surface area contributed by atoms with Crippen LogP contribution in [0.4, 0.5) is 0 Å². The highest BCUT2D eigenvalue weighted by Gasteiger charge is 2.54. The van der Waals surface area contributed by atoms with Crippen LogP contribution < -0.4 is 0 Å². The molecule has 0 radical (unpaired) electrons. The molecule has 0 saturated heterocycles. The Kier molecular flexibility index (Phi) is 7.25. The van der Waals surface area contributed by atoms with Crippen molar-refractivity contribution in [3.8, 4) is 0 Å². The highest BCUT2D eigenvalue weighted by molar-refractivity contribution is 8.02. The zero-order valence-electron chi connectivity index (χ0n) is 17.9. The monoisotopic (exact) mass is 396 g/mol. The largest absolute Gasteiger partial charge is 0.303 e. The Hall–Kier alpha value is -1.28. The number of rotatable bonds is 7. The summed E-state index contributed by atoms with van der Waals surface area (Å²) in [4.78, 5) is 12.8. The Labute approximate surface area is 176 Å². The number of carbonyl (C=O) groups excluding carboxylic acids is 1. The predicted molar refractivity (Wildman–Crippen MR) is 121 cm³/mol. The van der Waals surface area contributed by atoms with Gasteiger partial charge in [-0.15, -0.1) is 0 Å². The Bertz CT molecular complexity index is 704. The van der Waals surface area contributed by atoms with Gasteiger partial charge in [-0.1, -0.05) is 68.5 Å². The van der Waals surface area contributed by atoms with Crippen molar-refractivity contribution in [2.75, 3.05) is 0 Å². The van der Waals surface area contributed by atoms with Crippen LogP contribution in [0.25, 0.3) is 0 Å². The highest BCUT2D eigenvalue weighted by atomic mass is 32.2. The lowest BCUT2D eigenvalue weighted by atomic mass is 9.55. The van der Waals surface area contributed by atoms with Gasteiger partial charge in [0.2, 0.25) is 0 Å². The van der Waals surface area contributed by atoms with Crippen LogP contribution in [0.3, 0.4) is 0 Å². The summed E-state index contributed by atoms with van der Waals surface area (Å²) in [6.07, 6.45) is 11.6. The van der Waals surface area contributed by atoms with Crippen molar-refractivity contribution in [3.63, 3.8) is 0 Å². The first-order valence-corrected chi connectivity index (χ1v) is 11.8. The van der Waals surface area contributed by atoms with E-state index in [0.29, 0.717) is 23.2 Å². The molecular formula is C26H36OS. The minimum absolute atomic E-state index is 0.428. The van der Waals surface area contributed by atoms with E-state index in [1.165, 1.54) is 42.4 Å². The van der Waals surface area contributed by atoms with Crippen LogP contribution >= 0.6 is 11.8 Å². The van der Waals surface area contributed by atoms with E-state index < -0.39 is 0 Å². The molecule has 0 aromatic heterocycles. The molecule has 1 aromatic carbocycles. The molecule has 2 heteroatoms. The fourth-order valence-electron chi connectivity index (χ4n) is 6.36. The maximum absolute atomic E-state index is 11.5. The lowest BCUT2D eigenvalue weighted by molar-refractivity contribution is -0.110. The molecule has 2 saturated carbocycles. The second-order valence-electron chi connectivity index (χ2n) is 9.42. The number of benzene rings is 1. The summed E-state index contributed by atoms with van der Waals surface area (Å²) in [7, 11) is 0. The maximum atomic E-state index is 11.5. The van der Waals surface area contributed by atoms with Crippen LogP contribution in [0.15, 0.2) is 58.4 Å². The first-order chi connectivity index (χ1) is 13.5. The summed E-state index contributed by atoms with van der Waals surface area (Å²) in [5, 5.41) is 2.17. The molecule has 0 amide bonds. The van der Waals surface area contributed by atoms with Gasteiger partial charge >= 0.3 is 0 Å². The Balaban J connectivity index is 1.71. The van der Waals surface area contributed by atoms with Gasteiger partial charge < -0.3 is 4.79 Å². The number of hydrogen-bond acceptors (Lipinski definition) is 2. The van der Waals surface area contributed by atoms with E-state index in [9.17, 15) is 4.79 Å². The quantitative estimate of drug-likeness (QED) is 0.269. The van der Waals surface area contributed by atoms with Gasteiger partial charge in [0.25, 0.3) is 0 Å². The van der Waals surface area contributed by atoms with Crippen molar-refractivity contribution >= 4 is 18.0 Å². The molecule has 2 fully saturated rings. The standard InChI is InChI=1S/C26H36OS/c1-19(2)24-12-13-25-23(15-17-27)22(14-16-26(24,25)4)20(3)9-8-18-28-21-10-6-5-7-11-21/h5-11,17-19,22-25H,12-16H2,1-4H3/b18-8+,20-9+/t22-,23-,24-,25?,26-/m1/s1. The maximum Gasteiger partial charge on any atom is 0.120 e. The second kappa shape index (κ2) is 9.48. The van der Waals surface area contributed by atoms with Crippen molar-refractivity contribution in [3.05, 3.63) is 53.5 Å². The Morgan fingerprint density at radius 3 is 2.64 bits per heavy atom.